The van der Waals surface area contributed by atoms with E-state index in [-0.39, 0.29) is 0 Å². The second-order valence-electron chi connectivity index (χ2n) is 5.83. The maximum absolute atomic E-state index is 4.53. The zero-order valence-corrected chi connectivity index (χ0v) is 12.7. The minimum Gasteiger partial charge on any atom is -0.249 e. The number of aromatic nitrogens is 3. The molecule has 3 rings (SSSR count). The van der Waals surface area contributed by atoms with Gasteiger partial charge in [-0.25, -0.2) is 10.4 Å². The Hall–Kier alpha value is -1.72. The summed E-state index contributed by atoms with van der Waals surface area (Å²) in [6, 6.07) is 11.2. The number of benzene rings is 1. The van der Waals surface area contributed by atoms with Crippen molar-refractivity contribution in [3.63, 3.8) is 0 Å². The summed E-state index contributed by atoms with van der Waals surface area (Å²) in [6.07, 6.45) is 5.67. The molecule has 1 aromatic carbocycles. The summed E-state index contributed by atoms with van der Waals surface area (Å²) < 4.78 is 0. The molecule has 112 valence electrons. The summed E-state index contributed by atoms with van der Waals surface area (Å²) >= 11 is 0. The van der Waals surface area contributed by atoms with Gasteiger partial charge in [0.05, 0.1) is 24.1 Å². The minimum absolute atomic E-state index is 0.581. The first-order valence-corrected chi connectivity index (χ1v) is 7.72. The largest absolute Gasteiger partial charge is 0.249 e. The monoisotopic (exact) mass is 285 g/mol. The van der Waals surface area contributed by atoms with E-state index in [2.05, 4.69) is 34.5 Å². The molecule has 1 N–H and O–H groups in total. The molecule has 2 unspecified atom stereocenters. The maximum Gasteiger partial charge on any atom is 0.0983 e. The Morgan fingerprint density at radius 3 is 2.57 bits per heavy atom. The molecule has 1 aliphatic rings. The molecule has 2 heterocycles. The van der Waals surface area contributed by atoms with Gasteiger partial charge in [-0.05, 0) is 38.8 Å². The molecule has 1 aromatic heterocycles. The number of nitrogens with one attached hydrogen (secondary N) is 1. The molecule has 5 heteroatoms. The molecule has 0 saturated carbocycles. The standard InChI is InChI=1S/C16H23N5/c1-13-7-6-8-14(2)20(13)17-11-15-12-18-21(19-15)16-9-4-3-5-10-16/h3-5,9-10,12-14,17H,6-8,11H2,1-2H3. The lowest BCUT2D eigenvalue weighted by atomic mass is 10.00. The summed E-state index contributed by atoms with van der Waals surface area (Å²) in [5.74, 6) is 0. The van der Waals surface area contributed by atoms with Crippen molar-refractivity contribution in [1.29, 1.82) is 0 Å². The van der Waals surface area contributed by atoms with E-state index < -0.39 is 0 Å². The van der Waals surface area contributed by atoms with Crippen LogP contribution in [0.4, 0.5) is 0 Å². The van der Waals surface area contributed by atoms with E-state index in [0.717, 1.165) is 17.9 Å². The van der Waals surface area contributed by atoms with Crippen LogP contribution in [0.25, 0.3) is 5.69 Å². The lowest BCUT2D eigenvalue weighted by Gasteiger charge is -2.38. The molecule has 0 aliphatic carbocycles. The predicted octanol–water partition coefficient (Wildman–Crippen LogP) is 2.53. The molecule has 5 nitrogen and oxygen atoms in total. The van der Waals surface area contributed by atoms with Gasteiger partial charge in [0.2, 0.25) is 0 Å². The van der Waals surface area contributed by atoms with Crippen LogP contribution in [0.5, 0.6) is 0 Å². The van der Waals surface area contributed by atoms with Crippen LogP contribution in [-0.2, 0) is 6.54 Å². The van der Waals surface area contributed by atoms with Gasteiger partial charge in [0.15, 0.2) is 0 Å². The molecular weight excluding hydrogens is 262 g/mol. The Labute approximate surface area is 125 Å². The van der Waals surface area contributed by atoms with Gasteiger partial charge in [0, 0.05) is 12.1 Å². The number of hydrazine groups is 1. The van der Waals surface area contributed by atoms with Gasteiger partial charge in [0.25, 0.3) is 0 Å². The van der Waals surface area contributed by atoms with Crippen LogP contribution < -0.4 is 5.43 Å². The van der Waals surface area contributed by atoms with E-state index in [9.17, 15) is 0 Å². The Bertz CT molecular complexity index is 555. The predicted molar refractivity (Wildman–Crippen MR) is 82.8 cm³/mol. The van der Waals surface area contributed by atoms with Gasteiger partial charge in [-0.15, -0.1) is 0 Å². The van der Waals surface area contributed by atoms with E-state index in [0.29, 0.717) is 12.1 Å². The highest BCUT2D eigenvalue weighted by molar-refractivity contribution is 5.28. The van der Waals surface area contributed by atoms with Gasteiger partial charge in [-0.1, -0.05) is 24.6 Å². The first-order valence-electron chi connectivity index (χ1n) is 7.72. The van der Waals surface area contributed by atoms with Gasteiger partial charge < -0.3 is 0 Å². The van der Waals surface area contributed by atoms with Crippen molar-refractivity contribution in [2.45, 2.75) is 51.7 Å². The molecule has 1 fully saturated rings. The van der Waals surface area contributed by atoms with Crippen LogP contribution in [0.15, 0.2) is 36.5 Å². The first-order chi connectivity index (χ1) is 10.2. The quantitative estimate of drug-likeness (QED) is 0.937. The normalized spacial score (nSPS) is 23.3. The zero-order valence-electron chi connectivity index (χ0n) is 12.7. The van der Waals surface area contributed by atoms with Crippen LogP contribution in [0, 0.1) is 0 Å². The van der Waals surface area contributed by atoms with Crippen molar-refractivity contribution in [2.24, 2.45) is 0 Å². The summed E-state index contributed by atoms with van der Waals surface area (Å²) in [5.41, 5.74) is 5.47. The Morgan fingerprint density at radius 2 is 1.86 bits per heavy atom. The third-order valence-corrected chi connectivity index (χ3v) is 4.16. The second-order valence-corrected chi connectivity index (χ2v) is 5.83. The van der Waals surface area contributed by atoms with Crippen LogP contribution >= 0.6 is 0 Å². The lowest BCUT2D eigenvalue weighted by Crippen LogP contribution is -2.51. The van der Waals surface area contributed by atoms with E-state index >= 15 is 0 Å². The zero-order chi connectivity index (χ0) is 14.7. The SMILES string of the molecule is CC1CCCC(C)N1NCc1cnn(-c2ccccc2)n1. The third-order valence-electron chi connectivity index (χ3n) is 4.16. The van der Waals surface area contributed by atoms with Crippen molar-refractivity contribution < 1.29 is 0 Å². The molecule has 1 aliphatic heterocycles. The number of nitrogens with zero attached hydrogens (tertiary/aromatic N) is 4. The molecule has 21 heavy (non-hydrogen) atoms. The highest BCUT2D eigenvalue weighted by Gasteiger charge is 2.24. The number of piperidine rings is 1. The van der Waals surface area contributed by atoms with E-state index in [4.69, 9.17) is 0 Å². The molecule has 2 aromatic rings. The number of rotatable bonds is 4. The Balaban J connectivity index is 1.62. The van der Waals surface area contributed by atoms with Gasteiger partial charge in [-0.2, -0.15) is 15.0 Å². The van der Waals surface area contributed by atoms with Crippen LogP contribution in [0.1, 0.15) is 38.8 Å². The maximum atomic E-state index is 4.53. The first kappa shape index (κ1) is 14.2. The smallest absolute Gasteiger partial charge is 0.0983 e. The minimum atomic E-state index is 0.581. The van der Waals surface area contributed by atoms with E-state index in [1.54, 1.807) is 4.80 Å². The topological polar surface area (TPSA) is 46.0 Å². The van der Waals surface area contributed by atoms with Crippen LogP contribution in [0.3, 0.4) is 0 Å². The van der Waals surface area contributed by atoms with Gasteiger partial charge in [-0.3, -0.25) is 0 Å². The van der Waals surface area contributed by atoms with Crippen molar-refractivity contribution in [1.82, 2.24) is 25.4 Å². The summed E-state index contributed by atoms with van der Waals surface area (Å²) in [4.78, 5) is 1.68. The van der Waals surface area contributed by atoms with Crippen molar-refractivity contribution >= 4 is 0 Å². The lowest BCUT2D eigenvalue weighted by molar-refractivity contribution is 0.0431. The molecule has 0 spiro atoms. The molecule has 1 saturated heterocycles. The van der Waals surface area contributed by atoms with Crippen LogP contribution in [0.2, 0.25) is 0 Å². The average Bonchev–Trinajstić information content (AvgIpc) is 2.97. The second kappa shape index (κ2) is 6.37. The summed E-state index contributed by atoms with van der Waals surface area (Å²) in [7, 11) is 0. The molecule has 0 radical (unpaired) electrons. The summed E-state index contributed by atoms with van der Waals surface area (Å²) in [5, 5.41) is 11.2. The fourth-order valence-corrected chi connectivity index (χ4v) is 2.97. The molecular formula is C16H23N5. The third kappa shape index (κ3) is 3.31. The Kier molecular flexibility index (Phi) is 4.31. The van der Waals surface area contributed by atoms with Crippen LogP contribution in [-0.4, -0.2) is 32.1 Å². The fraction of sp³-hybridized carbons (Fsp3) is 0.500. The van der Waals surface area contributed by atoms with Crippen molar-refractivity contribution in [3.8, 4) is 5.69 Å². The number of hydrogen-bond acceptors (Lipinski definition) is 4. The number of para-hydroxylation sites is 1. The highest BCUT2D eigenvalue weighted by atomic mass is 15.5. The van der Waals surface area contributed by atoms with Crippen molar-refractivity contribution in [2.75, 3.05) is 0 Å². The highest BCUT2D eigenvalue weighted by Crippen LogP contribution is 2.20. The van der Waals surface area contributed by atoms with E-state index in [1.807, 2.05) is 36.5 Å². The molecule has 0 amide bonds. The van der Waals surface area contributed by atoms with E-state index in [1.165, 1.54) is 19.3 Å². The Morgan fingerprint density at radius 1 is 1.14 bits per heavy atom. The number of hydrogen-bond donors (Lipinski definition) is 1. The van der Waals surface area contributed by atoms with Gasteiger partial charge in [0.1, 0.15) is 0 Å². The fourth-order valence-electron chi connectivity index (χ4n) is 2.97. The van der Waals surface area contributed by atoms with Crippen molar-refractivity contribution in [3.05, 3.63) is 42.2 Å². The van der Waals surface area contributed by atoms with Gasteiger partial charge >= 0.3 is 0 Å². The molecule has 0 bridgehead atoms. The summed E-state index contributed by atoms with van der Waals surface area (Å²) in [6.45, 7) is 5.29. The molecule has 2 atom stereocenters. The average molecular weight is 285 g/mol.